The van der Waals surface area contributed by atoms with Crippen molar-refractivity contribution in [3.63, 3.8) is 0 Å². The SMILES string of the molecule is CCc1ccccc1CN[C@H](C)c1ccc(OC)cc1. The lowest BCUT2D eigenvalue weighted by molar-refractivity contribution is 0.414. The second-order valence-corrected chi connectivity index (χ2v) is 5.00. The third-order valence-corrected chi connectivity index (χ3v) is 3.71. The van der Waals surface area contributed by atoms with Crippen LogP contribution in [0.3, 0.4) is 0 Å². The maximum Gasteiger partial charge on any atom is 0.118 e. The fourth-order valence-electron chi connectivity index (χ4n) is 2.35. The Morgan fingerprint density at radius 3 is 2.25 bits per heavy atom. The zero-order valence-electron chi connectivity index (χ0n) is 12.5. The van der Waals surface area contributed by atoms with Crippen molar-refractivity contribution >= 4 is 0 Å². The summed E-state index contributed by atoms with van der Waals surface area (Å²) < 4.78 is 5.19. The molecule has 0 heterocycles. The second kappa shape index (κ2) is 7.11. The Hall–Kier alpha value is -1.80. The molecule has 20 heavy (non-hydrogen) atoms. The molecule has 106 valence electrons. The van der Waals surface area contributed by atoms with Gasteiger partial charge in [-0.2, -0.15) is 0 Å². The molecule has 2 aromatic rings. The first-order valence-electron chi connectivity index (χ1n) is 7.18. The van der Waals surface area contributed by atoms with Crippen molar-refractivity contribution in [2.45, 2.75) is 32.9 Å². The molecule has 0 aliphatic heterocycles. The van der Waals surface area contributed by atoms with Crippen molar-refractivity contribution in [1.82, 2.24) is 5.32 Å². The highest BCUT2D eigenvalue weighted by atomic mass is 16.5. The van der Waals surface area contributed by atoms with Crippen molar-refractivity contribution < 1.29 is 4.74 Å². The summed E-state index contributed by atoms with van der Waals surface area (Å²) in [5, 5.41) is 3.59. The van der Waals surface area contributed by atoms with Crippen LogP contribution < -0.4 is 10.1 Å². The molecule has 0 saturated carbocycles. The Morgan fingerprint density at radius 2 is 1.65 bits per heavy atom. The molecule has 0 spiro atoms. The fraction of sp³-hybridized carbons (Fsp3) is 0.333. The monoisotopic (exact) mass is 269 g/mol. The summed E-state index contributed by atoms with van der Waals surface area (Å²) in [7, 11) is 1.69. The highest BCUT2D eigenvalue weighted by molar-refractivity contribution is 5.30. The van der Waals surface area contributed by atoms with Gasteiger partial charge in [-0.05, 0) is 42.2 Å². The van der Waals surface area contributed by atoms with Crippen LogP contribution in [-0.4, -0.2) is 7.11 Å². The number of methoxy groups -OCH3 is 1. The minimum absolute atomic E-state index is 0.325. The van der Waals surface area contributed by atoms with Gasteiger partial charge in [0, 0.05) is 12.6 Å². The lowest BCUT2D eigenvalue weighted by Gasteiger charge is -2.16. The van der Waals surface area contributed by atoms with Gasteiger partial charge in [-0.15, -0.1) is 0 Å². The number of aryl methyl sites for hydroxylation is 1. The quantitative estimate of drug-likeness (QED) is 0.852. The van der Waals surface area contributed by atoms with Crippen molar-refractivity contribution in [3.05, 3.63) is 65.2 Å². The lowest BCUT2D eigenvalue weighted by atomic mass is 10.0. The van der Waals surface area contributed by atoms with E-state index in [4.69, 9.17) is 4.74 Å². The summed E-state index contributed by atoms with van der Waals surface area (Å²) in [6, 6.07) is 17.2. The lowest BCUT2D eigenvalue weighted by Crippen LogP contribution is -2.18. The van der Waals surface area contributed by atoms with Gasteiger partial charge in [0.15, 0.2) is 0 Å². The number of rotatable bonds is 6. The second-order valence-electron chi connectivity index (χ2n) is 5.00. The molecule has 0 bridgehead atoms. The van der Waals surface area contributed by atoms with Crippen molar-refractivity contribution in [2.75, 3.05) is 7.11 Å². The van der Waals surface area contributed by atoms with E-state index in [2.05, 4.69) is 55.6 Å². The first-order valence-corrected chi connectivity index (χ1v) is 7.18. The Bertz CT molecular complexity index is 533. The van der Waals surface area contributed by atoms with Gasteiger partial charge in [-0.1, -0.05) is 43.3 Å². The topological polar surface area (TPSA) is 21.3 Å². The molecule has 2 nitrogen and oxygen atoms in total. The fourth-order valence-corrected chi connectivity index (χ4v) is 2.35. The highest BCUT2D eigenvalue weighted by Gasteiger charge is 2.06. The van der Waals surface area contributed by atoms with E-state index < -0.39 is 0 Å². The smallest absolute Gasteiger partial charge is 0.118 e. The van der Waals surface area contributed by atoms with Crippen molar-refractivity contribution in [2.24, 2.45) is 0 Å². The average molecular weight is 269 g/mol. The van der Waals surface area contributed by atoms with E-state index in [0.717, 1.165) is 18.7 Å². The van der Waals surface area contributed by atoms with Crippen molar-refractivity contribution in [3.8, 4) is 5.75 Å². The number of nitrogens with one attached hydrogen (secondary N) is 1. The molecule has 1 N–H and O–H groups in total. The van der Waals surface area contributed by atoms with Crippen LogP contribution in [0.5, 0.6) is 5.75 Å². The summed E-state index contributed by atoms with van der Waals surface area (Å²) >= 11 is 0. The van der Waals surface area contributed by atoms with Gasteiger partial charge in [0.05, 0.1) is 7.11 Å². The Morgan fingerprint density at radius 1 is 1.00 bits per heavy atom. The van der Waals surface area contributed by atoms with Crippen LogP contribution in [0.4, 0.5) is 0 Å². The molecular formula is C18H23NO. The zero-order chi connectivity index (χ0) is 14.4. The molecule has 2 rings (SSSR count). The third kappa shape index (κ3) is 3.61. The van der Waals surface area contributed by atoms with Crippen LogP contribution in [0.25, 0.3) is 0 Å². The number of ether oxygens (including phenoxy) is 1. The van der Waals surface area contributed by atoms with Gasteiger partial charge >= 0.3 is 0 Å². The van der Waals surface area contributed by atoms with E-state index >= 15 is 0 Å². The Kier molecular flexibility index (Phi) is 5.19. The van der Waals surface area contributed by atoms with Gasteiger partial charge < -0.3 is 10.1 Å². The van der Waals surface area contributed by atoms with Gasteiger partial charge in [0.2, 0.25) is 0 Å². The van der Waals surface area contributed by atoms with Crippen LogP contribution in [0, 0.1) is 0 Å². The Labute approximate surface area is 121 Å². The molecule has 0 aromatic heterocycles. The molecule has 0 amide bonds. The third-order valence-electron chi connectivity index (χ3n) is 3.71. The first kappa shape index (κ1) is 14.6. The maximum absolute atomic E-state index is 5.19. The van der Waals surface area contributed by atoms with Crippen LogP contribution in [-0.2, 0) is 13.0 Å². The van der Waals surface area contributed by atoms with Gasteiger partial charge in [-0.3, -0.25) is 0 Å². The first-order chi connectivity index (χ1) is 9.74. The molecule has 0 saturated heterocycles. The van der Waals surface area contributed by atoms with E-state index in [-0.39, 0.29) is 0 Å². The average Bonchev–Trinajstić information content (AvgIpc) is 2.53. The highest BCUT2D eigenvalue weighted by Crippen LogP contribution is 2.18. The molecule has 0 aliphatic carbocycles. The van der Waals surface area contributed by atoms with E-state index in [9.17, 15) is 0 Å². The van der Waals surface area contributed by atoms with Gasteiger partial charge in [0.1, 0.15) is 5.75 Å². The van der Waals surface area contributed by atoms with Gasteiger partial charge in [0.25, 0.3) is 0 Å². The number of benzene rings is 2. The summed E-state index contributed by atoms with van der Waals surface area (Å²) in [6.07, 6.45) is 1.08. The minimum atomic E-state index is 0.325. The van der Waals surface area contributed by atoms with Crippen LogP contribution >= 0.6 is 0 Å². The van der Waals surface area contributed by atoms with Crippen molar-refractivity contribution in [1.29, 1.82) is 0 Å². The van der Waals surface area contributed by atoms with Crippen LogP contribution in [0.1, 0.15) is 36.6 Å². The normalized spacial score (nSPS) is 12.2. The maximum atomic E-state index is 5.19. The predicted octanol–water partition coefficient (Wildman–Crippen LogP) is 4.11. The molecule has 0 radical (unpaired) electrons. The van der Waals surface area contributed by atoms with Crippen LogP contribution in [0.2, 0.25) is 0 Å². The standard InChI is InChI=1S/C18H23NO/c1-4-15-7-5-6-8-17(15)13-19-14(2)16-9-11-18(20-3)12-10-16/h5-12,14,19H,4,13H2,1-3H3/t14-/m1/s1. The number of hydrogen-bond acceptors (Lipinski definition) is 2. The molecular weight excluding hydrogens is 246 g/mol. The Balaban J connectivity index is 1.98. The summed E-state index contributed by atoms with van der Waals surface area (Å²) in [5.41, 5.74) is 4.08. The molecule has 2 heteroatoms. The molecule has 1 atom stereocenters. The molecule has 0 unspecified atom stereocenters. The van der Waals surface area contributed by atoms with Gasteiger partial charge in [-0.25, -0.2) is 0 Å². The zero-order valence-corrected chi connectivity index (χ0v) is 12.5. The predicted molar refractivity (Wildman–Crippen MR) is 84.1 cm³/mol. The van der Waals surface area contributed by atoms with Crippen LogP contribution in [0.15, 0.2) is 48.5 Å². The molecule has 0 fully saturated rings. The summed E-state index contributed by atoms with van der Waals surface area (Å²) in [6.45, 7) is 5.29. The molecule has 2 aromatic carbocycles. The minimum Gasteiger partial charge on any atom is -0.497 e. The largest absolute Gasteiger partial charge is 0.497 e. The van der Waals surface area contributed by atoms with E-state index in [1.54, 1.807) is 7.11 Å². The van der Waals surface area contributed by atoms with E-state index in [1.807, 2.05) is 12.1 Å². The number of hydrogen-bond donors (Lipinski definition) is 1. The summed E-state index contributed by atoms with van der Waals surface area (Å²) in [5.74, 6) is 0.900. The molecule has 0 aliphatic rings. The van der Waals surface area contributed by atoms with E-state index in [1.165, 1.54) is 16.7 Å². The summed E-state index contributed by atoms with van der Waals surface area (Å²) in [4.78, 5) is 0. The van der Waals surface area contributed by atoms with E-state index in [0.29, 0.717) is 6.04 Å².